The van der Waals surface area contributed by atoms with Crippen LogP contribution < -0.4 is 16.4 Å². The number of aromatic carboxylic acids is 1. The van der Waals surface area contributed by atoms with E-state index < -0.39 is 23.9 Å². The lowest BCUT2D eigenvalue weighted by Gasteiger charge is -2.12. The number of ether oxygens (including phenoxy) is 1. The molecular formula is C36H43N9O6. The number of carboxylic acids is 1. The average molecular weight is 698 g/mol. The molecule has 3 aromatic heterocycles. The van der Waals surface area contributed by atoms with Crippen LogP contribution in [0, 0.1) is 13.8 Å². The molecule has 0 bridgehead atoms. The first kappa shape index (κ1) is 36.3. The van der Waals surface area contributed by atoms with Crippen LogP contribution in [0.25, 0.3) is 11.0 Å². The van der Waals surface area contributed by atoms with Gasteiger partial charge in [-0.2, -0.15) is 10.2 Å². The predicted octanol–water partition coefficient (Wildman–Crippen LogP) is 4.84. The lowest BCUT2D eigenvalue weighted by atomic mass is 10.0. The zero-order valence-electron chi connectivity index (χ0n) is 29.0. The number of benzene rings is 2. The number of nitrogens with two attached hydrogens (primary N) is 1. The van der Waals surface area contributed by atoms with Gasteiger partial charge in [0.05, 0.1) is 22.4 Å². The van der Waals surface area contributed by atoms with E-state index in [-0.39, 0.29) is 23.8 Å². The van der Waals surface area contributed by atoms with Gasteiger partial charge >= 0.3 is 12.1 Å². The maximum atomic E-state index is 13.7. The molecule has 268 valence electrons. The summed E-state index contributed by atoms with van der Waals surface area (Å²) >= 11 is 0. The number of hydrogen-bond donors (Lipinski definition) is 4. The number of imidazole rings is 1. The van der Waals surface area contributed by atoms with Crippen molar-refractivity contribution >= 4 is 40.9 Å². The molecular weight excluding hydrogens is 654 g/mol. The second-order valence-corrected chi connectivity index (χ2v) is 12.2. The number of anilines is 1. The monoisotopic (exact) mass is 697 g/mol. The largest absolute Gasteiger partial charge is 0.477 e. The molecule has 0 unspecified atom stereocenters. The highest BCUT2D eigenvalue weighted by atomic mass is 16.5. The van der Waals surface area contributed by atoms with Crippen LogP contribution in [-0.4, -0.2) is 64.6 Å². The molecule has 0 atom stereocenters. The Kier molecular flexibility index (Phi) is 11.8. The highest BCUT2D eigenvalue weighted by molar-refractivity contribution is 6.03. The third kappa shape index (κ3) is 8.98. The average Bonchev–Trinajstić information content (AvgIpc) is 3.77. The molecule has 0 saturated carbocycles. The highest BCUT2D eigenvalue weighted by Gasteiger charge is 2.21. The second-order valence-electron chi connectivity index (χ2n) is 12.2. The van der Waals surface area contributed by atoms with E-state index >= 15 is 0 Å². The summed E-state index contributed by atoms with van der Waals surface area (Å²) in [6, 6.07) is 16.0. The van der Waals surface area contributed by atoms with Gasteiger partial charge in [0.15, 0.2) is 0 Å². The number of fused-ring (bicyclic) bond motifs is 1. The number of carbonyl (C=O) groups excluding carboxylic acids is 3. The summed E-state index contributed by atoms with van der Waals surface area (Å²) in [5.74, 6) is -1.71. The van der Waals surface area contributed by atoms with Gasteiger partial charge in [0, 0.05) is 37.3 Å². The fraction of sp³-hybridized carbons (Fsp3) is 0.361. The Morgan fingerprint density at radius 2 is 1.71 bits per heavy atom. The molecule has 3 amide bonds. The number of primary amides is 1. The Morgan fingerprint density at radius 1 is 0.922 bits per heavy atom. The number of unbranched alkanes of at least 4 members (excludes halogenated alkanes) is 2. The van der Waals surface area contributed by atoms with Gasteiger partial charge in [-0.25, -0.2) is 14.6 Å². The highest BCUT2D eigenvalue weighted by Crippen LogP contribution is 2.23. The lowest BCUT2D eigenvalue weighted by molar-refractivity contribution is 0.0681. The van der Waals surface area contributed by atoms with Crippen molar-refractivity contribution in [3.05, 3.63) is 94.1 Å². The third-order valence-electron chi connectivity index (χ3n) is 8.48. The van der Waals surface area contributed by atoms with Crippen molar-refractivity contribution in [2.45, 2.75) is 79.1 Å². The lowest BCUT2D eigenvalue weighted by Crippen LogP contribution is -2.26. The van der Waals surface area contributed by atoms with Crippen LogP contribution in [0.3, 0.4) is 0 Å². The van der Waals surface area contributed by atoms with E-state index in [9.17, 15) is 24.3 Å². The van der Waals surface area contributed by atoms with Crippen molar-refractivity contribution in [1.82, 2.24) is 34.4 Å². The van der Waals surface area contributed by atoms with Crippen molar-refractivity contribution in [2.75, 3.05) is 11.9 Å². The number of rotatable bonds is 17. The molecule has 51 heavy (non-hydrogen) atoms. The topological polar surface area (TPSA) is 201 Å². The fourth-order valence-corrected chi connectivity index (χ4v) is 6.00. The summed E-state index contributed by atoms with van der Waals surface area (Å²) in [5.41, 5.74) is 10.6. The number of carbonyl (C=O) groups is 4. The van der Waals surface area contributed by atoms with Crippen LogP contribution in [0.15, 0.2) is 54.6 Å². The molecule has 5 rings (SSSR count). The number of alkyl carbamates (subject to hydrolysis) is 1. The summed E-state index contributed by atoms with van der Waals surface area (Å²) in [7, 11) is 0. The first-order valence-corrected chi connectivity index (χ1v) is 17.0. The first-order chi connectivity index (χ1) is 24.5. The van der Waals surface area contributed by atoms with Crippen molar-refractivity contribution in [1.29, 1.82) is 0 Å². The van der Waals surface area contributed by atoms with Crippen molar-refractivity contribution in [3.8, 4) is 0 Å². The Balaban J connectivity index is 1.22. The van der Waals surface area contributed by atoms with Crippen LogP contribution in [-0.2, 0) is 37.4 Å². The summed E-state index contributed by atoms with van der Waals surface area (Å²) in [6.07, 6.45) is 2.83. The van der Waals surface area contributed by atoms with E-state index in [1.165, 1.54) is 4.68 Å². The van der Waals surface area contributed by atoms with Crippen molar-refractivity contribution in [2.24, 2.45) is 5.73 Å². The number of amides is 3. The normalized spacial score (nSPS) is 11.1. The molecule has 0 radical (unpaired) electrons. The van der Waals surface area contributed by atoms with Gasteiger partial charge in [-0.3, -0.25) is 24.3 Å². The van der Waals surface area contributed by atoms with Crippen LogP contribution >= 0.6 is 0 Å². The number of carboxylic acid groups (broad SMARTS) is 1. The summed E-state index contributed by atoms with van der Waals surface area (Å²) in [6.45, 7) is 7.34. The number of hydrogen-bond acceptors (Lipinski definition) is 8. The predicted molar refractivity (Wildman–Crippen MR) is 190 cm³/mol. The van der Waals surface area contributed by atoms with E-state index in [0.717, 1.165) is 36.1 Å². The molecule has 0 spiro atoms. The number of aryl methyl sites for hydroxylation is 5. The maximum Gasteiger partial charge on any atom is 0.407 e. The standard InChI is InChI=1S/C36H43N9O6/c1-4-44-31(34(48)49)27(24(3)42-44)14-9-6-10-19-45-30(20-23(2)41-45)33(47)40-35-39-28-21-26(32(37)46)15-16-29(28)43(35)18-11-17-38-36(50)51-22-25-12-7-5-8-13-25/h5,7-8,12-13,15-16,20-21H,4,6,9-11,14,17-19,22H2,1-3H3,(H2,37,46)(H,38,50)(H,48,49)(H,39,40,47). The zero-order chi connectivity index (χ0) is 36.5. The van der Waals surface area contributed by atoms with Gasteiger partial charge in [0.2, 0.25) is 11.9 Å². The molecule has 0 fully saturated rings. The van der Waals surface area contributed by atoms with Crippen molar-refractivity contribution in [3.63, 3.8) is 0 Å². The summed E-state index contributed by atoms with van der Waals surface area (Å²) in [4.78, 5) is 54.2. The number of nitrogens with one attached hydrogen (secondary N) is 2. The van der Waals surface area contributed by atoms with Crippen molar-refractivity contribution < 1.29 is 29.0 Å². The van der Waals surface area contributed by atoms with Gasteiger partial charge in [-0.05, 0) is 76.3 Å². The van der Waals surface area contributed by atoms with Crippen LogP contribution in [0.5, 0.6) is 0 Å². The minimum absolute atomic E-state index is 0.159. The van der Waals surface area contributed by atoms with Gasteiger partial charge in [-0.1, -0.05) is 36.8 Å². The first-order valence-electron chi connectivity index (χ1n) is 17.0. The SMILES string of the molecule is CCn1nc(C)c(CCCCCn2nc(C)cc2C(=O)Nc2nc3cc(C(N)=O)ccc3n2CCCNC(=O)OCc2ccccc2)c1C(=O)O. The molecule has 5 aromatic rings. The Bertz CT molecular complexity index is 2030. The minimum Gasteiger partial charge on any atom is -0.477 e. The quantitative estimate of drug-likeness (QED) is 0.0981. The van der Waals surface area contributed by atoms with Gasteiger partial charge in [-0.15, -0.1) is 0 Å². The van der Waals surface area contributed by atoms with E-state index in [2.05, 4.69) is 25.8 Å². The van der Waals surface area contributed by atoms with E-state index in [1.807, 2.05) is 55.7 Å². The van der Waals surface area contributed by atoms with Gasteiger partial charge in [0.1, 0.15) is 18.0 Å². The molecule has 3 heterocycles. The van der Waals surface area contributed by atoms with Gasteiger partial charge in [0.25, 0.3) is 5.91 Å². The molecule has 0 aliphatic carbocycles. The van der Waals surface area contributed by atoms with E-state index in [1.54, 1.807) is 28.9 Å². The third-order valence-corrected chi connectivity index (χ3v) is 8.48. The maximum absolute atomic E-state index is 13.7. The molecule has 0 saturated heterocycles. The molecule has 2 aromatic carbocycles. The van der Waals surface area contributed by atoms with Gasteiger partial charge < -0.3 is 25.5 Å². The van der Waals surface area contributed by atoms with Crippen LogP contribution in [0.2, 0.25) is 0 Å². The molecule has 0 aliphatic rings. The van der Waals surface area contributed by atoms with Crippen LogP contribution in [0.1, 0.15) is 86.5 Å². The molecule has 0 aliphatic heterocycles. The number of nitrogens with zero attached hydrogens (tertiary/aromatic N) is 6. The molecule has 15 nitrogen and oxygen atoms in total. The van der Waals surface area contributed by atoms with E-state index in [0.29, 0.717) is 61.4 Å². The minimum atomic E-state index is -0.979. The van der Waals surface area contributed by atoms with Crippen LogP contribution in [0.4, 0.5) is 10.7 Å². The van der Waals surface area contributed by atoms with E-state index in [4.69, 9.17) is 10.5 Å². The summed E-state index contributed by atoms with van der Waals surface area (Å²) in [5, 5.41) is 24.3. The zero-order valence-corrected chi connectivity index (χ0v) is 29.0. The smallest absolute Gasteiger partial charge is 0.407 e. The Morgan fingerprint density at radius 3 is 2.43 bits per heavy atom. The second kappa shape index (κ2) is 16.6. The fourth-order valence-electron chi connectivity index (χ4n) is 6.00. The number of aromatic nitrogens is 6. The molecule has 5 N–H and O–H groups in total. The summed E-state index contributed by atoms with van der Waals surface area (Å²) < 4.78 is 10.3. The Labute approximate surface area is 294 Å². The Hall–Kier alpha value is -5.99. The molecule has 15 heteroatoms.